The number of rotatable bonds is 6. The van der Waals surface area contributed by atoms with E-state index in [9.17, 15) is 19.0 Å². The van der Waals surface area contributed by atoms with Crippen molar-refractivity contribution in [1.82, 2.24) is 5.32 Å². The molecule has 0 aliphatic heterocycles. The zero-order chi connectivity index (χ0) is 14.5. The van der Waals surface area contributed by atoms with Crippen LogP contribution in [0.4, 0.5) is 8.78 Å². The predicted molar refractivity (Wildman–Crippen MR) is 72.1 cm³/mol. The lowest BCUT2D eigenvalue weighted by Gasteiger charge is -2.19. The van der Waals surface area contributed by atoms with Gasteiger partial charge in [0.2, 0.25) is 0 Å². The molecule has 3 N–H and O–H groups in total. The van der Waals surface area contributed by atoms with Crippen LogP contribution in [-0.4, -0.2) is 29.9 Å². The molecule has 112 valence electrons. The number of aliphatic hydroxyl groups excluding tert-OH is 2. The fourth-order valence-electron chi connectivity index (χ4n) is 2.91. The van der Waals surface area contributed by atoms with Crippen molar-refractivity contribution in [2.45, 2.75) is 25.4 Å². The molecule has 2 rings (SSSR count). The third-order valence-electron chi connectivity index (χ3n) is 4.12. The summed E-state index contributed by atoms with van der Waals surface area (Å²) >= 11 is 0. The monoisotopic (exact) mass is 285 g/mol. The predicted octanol–water partition coefficient (Wildman–Crippen LogP) is 2.00. The van der Waals surface area contributed by atoms with Crippen molar-refractivity contribution in [3.8, 4) is 0 Å². The van der Waals surface area contributed by atoms with E-state index in [-0.39, 0.29) is 18.7 Å². The lowest BCUT2D eigenvalue weighted by atomic mass is 9.97. The van der Waals surface area contributed by atoms with Gasteiger partial charge in [0.1, 0.15) is 11.6 Å². The van der Waals surface area contributed by atoms with Gasteiger partial charge in [-0.05, 0) is 37.3 Å². The molecule has 0 saturated heterocycles. The topological polar surface area (TPSA) is 52.5 Å². The lowest BCUT2D eigenvalue weighted by molar-refractivity contribution is 0.159. The average Bonchev–Trinajstić information content (AvgIpc) is 2.86. The molecular weight excluding hydrogens is 264 g/mol. The van der Waals surface area contributed by atoms with Gasteiger partial charge in [-0.1, -0.05) is 12.5 Å². The molecule has 3 atom stereocenters. The highest BCUT2D eigenvalue weighted by Crippen LogP contribution is 2.30. The van der Waals surface area contributed by atoms with Crippen LogP contribution in [0.3, 0.4) is 0 Å². The number of nitrogens with one attached hydrogen (secondary N) is 1. The SMILES string of the molecule is OCC1CCCC1CNCC(O)c1ccc(F)cc1F. The van der Waals surface area contributed by atoms with Crippen LogP contribution in [0.1, 0.15) is 30.9 Å². The molecule has 0 heterocycles. The number of hydrogen-bond acceptors (Lipinski definition) is 3. The molecule has 1 aliphatic carbocycles. The van der Waals surface area contributed by atoms with Crippen LogP contribution in [0, 0.1) is 23.5 Å². The Morgan fingerprint density at radius 1 is 1.25 bits per heavy atom. The van der Waals surface area contributed by atoms with Crippen molar-refractivity contribution >= 4 is 0 Å². The van der Waals surface area contributed by atoms with Crippen LogP contribution in [-0.2, 0) is 0 Å². The Hall–Kier alpha value is -1.04. The summed E-state index contributed by atoms with van der Waals surface area (Å²) in [5.74, 6) is -0.649. The van der Waals surface area contributed by atoms with Crippen LogP contribution < -0.4 is 5.32 Å². The highest BCUT2D eigenvalue weighted by atomic mass is 19.1. The van der Waals surface area contributed by atoms with Gasteiger partial charge < -0.3 is 15.5 Å². The van der Waals surface area contributed by atoms with Crippen molar-refractivity contribution in [2.75, 3.05) is 19.7 Å². The first-order chi connectivity index (χ1) is 9.61. The molecule has 0 bridgehead atoms. The smallest absolute Gasteiger partial charge is 0.131 e. The molecule has 0 radical (unpaired) electrons. The van der Waals surface area contributed by atoms with E-state index in [1.165, 1.54) is 6.07 Å². The molecule has 0 aromatic heterocycles. The van der Waals surface area contributed by atoms with E-state index < -0.39 is 17.7 Å². The fraction of sp³-hybridized carbons (Fsp3) is 0.600. The average molecular weight is 285 g/mol. The maximum Gasteiger partial charge on any atom is 0.131 e. The van der Waals surface area contributed by atoms with Gasteiger partial charge >= 0.3 is 0 Å². The molecule has 3 unspecified atom stereocenters. The van der Waals surface area contributed by atoms with Gasteiger partial charge in [0.25, 0.3) is 0 Å². The van der Waals surface area contributed by atoms with Gasteiger partial charge in [-0.3, -0.25) is 0 Å². The van der Waals surface area contributed by atoms with E-state index in [0.717, 1.165) is 31.4 Å². The van der Waals surface area contributed by atoms with E-state index in [1.54, 1.807) is 0 Å². The first kappa shape index (κ1) is 15.4. The fourth-order valence-corrected chi connectivity index (χ4v) is 2.91. The Kier molecular flexibility index (Phi) is 5.46. The van der Waals surface area contributed by atoms with Crippen LogP contribution >= 0.6 is 0 Å². The van der Waals surface area contributed by atoms with Gasteiger partial charge in [0, 0.05) is 24.8 Å². The molecule has 3 nitrogen and oxygen atoms in total. The summed E-state index contributed by atoms with van der Waals surface area (Å²) in [6.45, 7) is 1.11. The minimum absolute atomic E-state index is 0.101. The maximum absolute atomic E-state index is 13.5. The molecule has 20 heavy (non-hydrogen) atoms. The van der Waals surface area contributed by atoms with Crippen LogP contribution in [0.5, 0.6) is 0 Å². The number of hydrogen-bond donors (Lipinski definition) is 3. The Morgan fingerprint density at radius 3 is 2.70 bits per heavy atom. The molecule has 0 amide bonds. The third-order valence-corrected chi connectivity index (χ3v) is 4.12. The van der Waals surface area contributed by atoms with Gasteiger partial charge in [0.15, 0.2) is 0 Å². The summed E-state index contributed by atoms with van der Waals surface area (Å²) in [6.07, 6.45) is 2.23. The van der Waals surface area contributed by atoms with E-state index in [0.29, 0.717) is 18.4 Å². The van der Waals surface area contributed by atoms with E-state index in [1.807, 2.05) is 0 Å². The van der Waals surface area contributed by atoms with Crippen LogP contribution in [0.15, 0.2) is 18.2 Å². The molecule has 1 saturated carbocycles. The minimum atomic E-state index is -0.996. The standard InChI is InChI=1S/C15H21F2NO2/c16-12-4-5-13(14(17)6-12)15(20)8-18-7-10-2-1-3-11(10)9-19/h4-6,10-11,15,18-20H,1-3,7-9H2. The molecule has 1 aromatic carbocycles. The van der Waals surface area contributed by atoms with Crippen molar-refractivity contribution in [2.24, 2.45) is 11.8 Å². The Balaban J connectivity index is 1.81. The normalized spacial score (nSPS) is 24.0. The summed E-state index contributed by atoms with van der Waals surface area (Å²) < 4.78 is 26.3. The van der Waals surface area contributed by atoms with Gasteiger partial charge in [0.05, 0.1) is 6.10 Å². The van der Waals surface area contributed by atoms with Crippen molar-refractivity contribution in [1.29, 1.82) is 0 Å². The van der Waals surface area contributed by atoms with Crippen LogP contribution in [0.25, 0.3) is 0 Å². The lowest BCUT2D eigenvalue weighted by Crippen LogP contribution is -2.30. The summed E-state index contributed by atoms with van der Waals surface area (Å²) in [4.78, 5) is 0. The zero-order valence-corrected chi connectivity index (χ0v) is 11.4. The highest BCUT2D eigenvalue weighted by Gasteiger charge is 2.26. The van der Waals surface area contributed by atoms with Gasteiger partial charge in [-0.25, -0.2) is 8.78 Å². The van der Waals surface area contributed by atoms with E-state index in [2.05, 4.69) is 5.32 Å². The first-order valence-corrected chi connectivity index (χ1v) is 7.06. The summed E-state index contributed by atoms with van der Waals surface area (Å²) in [6, 6.07) is 3.18. The van der Waals surface area contributed by atoms with E-state index in [4.69, 9.17) is 0 Å². The largest absolute Gasteiger partial charge is 0.396 e. The number of benzene rings is 1. The minimum Gasteiger partial charge on any atom is -0.396 e. The summed E-state index contributed by atoms with van der Waals surface area (Å²) in [5.41, 5.74) is 0.101. The summed E-state index contributed by atoms with van der Waals surface area (Å²) in [7, 11) is 0. The van der Waals surface area contributed by atoms with Crippen molar-refractivity contribution in [3.05, 3.63) is 35.4 Å². The molecule has 1 aliphatic rings. The third kappa shape index (κ3) is 3.75. The van der Waals surface area contributed by atoms with Crippen molar-refractivity contribution < 1.29 is 19.0 Å². The Bertz CT molecular complexity index is 442. The molecule has 0 spiro atoms. The molecule has 1 aromatic rings. The second kappa shape index (κ2) is 7.11. The molecule has 1 fully saturated rings. The quantitative estimate of drug-likeness (QED) is 0.749. The Labute approximate surface area is 117 Å². The first-order valence-electron chi connectivity index (χ1n) is 7.06. The Morgan fingerprint density at radius 2 is 2.00 bits per heavy atom. The maximum atomic E-state index is 13.5. The van der Waals surface area contributed by atoms with Crippen molar-refractivity contribution in [3.63, 3.8) is 0 Å². The second-order valence-electron chi connectivity index (χ2n) is 5.47. The second-order valence-corrected chi connectivity index (χ2v) is 5.47. The zero-order valence-electron chi connectivity index (χ0n) is 11.4. The van der Waals surface area contributed by atoms with Gasteiger partial charge in [-0.2, -0.15) is 0 Å². The number of aliphatic hydroxyl groups is 2. The van der Waals surface area contributed by atoms with Crippen LogP contribution in [0.2, 0.25) is 0 Å². The summed E-state index contributed by atoms with van der Waals surface area (Å²) in [5, 5.41) is 22.2. The highest BCUT2D eigenvalue weighted by molar-refractivity contribution is 5.21. The van der Waals surface area contributed by atoms with E-state index >= 15 is 0 Å². The molecular formula is C15H21F2NO2. The van der Waals surface area contributed by atoms with Gasteiger partial charge in [-0.15, -0.1) is 0 Å². The molecule has 5 heteroatoms. The number of halogens is 2.